The molecule has 1 fully saturated rings. The highest BCUT2D eigenvalue weighted by Gasteiger charge is 2.24. The van der Waals surface area contributed by atoms with Gasteiger partial charge in [0.05, 0.1) is 0 Å². The smallest absolute Gasteiger partial charge is 0.329 e. The molecule has 0 aromatic carbocycles. The van der Waals surface area contributed by atoms with Gasteiger partial charge in [-0.25, -0.2) is 4.79 Å². The third-order valence-electron chi connectivity index (χ3n) is 4.61. The molecule has 0 amide bonds. The number of aromatic nitrogens is 4. The summed E-state index contributed by atoms with van der Waals surface area (Å²) in [6.07, 6.45) is 4.01. The lowest BCUT2D eigenvalue weighted by Crippen LogP contribution is -2.35. The number of aryl methyl sites for hydroxylation is 1. The summed E-state index contributed by atoms with van der Waals surface area (Å²) in [5.74, 6) is 1.41. The van der Waals surface area contributed by atoms with Crippen molar-refractivity contribution in [2.24, 2.45) is 13.0 Å². The van der Waals surface area contributed by atoms with E-state index in [1.807, 2.05) is 10.6 Å². The number of aromatic amines is 1. The number of nitrogens with one attached hydrogen (secondary N) is 1. The lowest BCUT2D eigenvalue weighted by atomic mass is 10.00. The molecule has 2 aromatic rings. The van der Waals surface area contributed by atoms with Gasteiger partial charge in [0.25, 0.3) is 5.56 Å². The molecular weight excluding hydrogens is 330 g/mol. The van der Waals surface area contributed by atoms with Gasteiger partial charge in [-0.2, -0.15) is 4.98 Å². The highest BCUT2D eigenvalue weighted by molar-refractivity contribution is 6.29. The summed E-state index contributed by atoms with van der Waals surface area (Å²) < 4.78 is 3.22. The van der Waals surface area contributed by atoms with Crippen molar-refractivity contribution in [3.63, 3.8) is 0 Å². The first kappa shape index (κ1) is 16.8. The predicted molar refractivity (Wildman–Crippen MR) is 95.8 cm³/mol. The Hall–Kier alpha value is -2.02. The molecule has 1 N–H and O–H groups in total. The van der Waals surface area contributed by atoms with Crippen LogP contribution < -0.4 is 16.1 Å². The normalized spacial score (nSPS) is 17.0. The van der Waals surface area contributed by atoms with Crippen LogP contribution in [-0.2, 0) is 13.6 Å². The van der Waals surface area contributed by atoms with E-state index in [2.05, 4.69) is 21.8 Å². The van der Waals surface area contributed by atoms with Gasteiger partial charge >= 0.3 is 5.69 Å². The Morgan fingerprint density at radius 1 is 1.38 bits per heavy atom. The molecule has 8 heteroatoms. The van der Waals surface area contributed by atoms with Crippen LogP contribution in [0.2, 0.25) is 0 Å². The average molecular weight is 352 g/mol. The fraction of sp³-hybridized carbons (Fsp3) is 0.562. The van der Waals surface area contributed by atoms with Gasteiger partial charge < -0.3 is 9.47 Å². The van der Waals surface area contributed by atoms with Crippen molar-refractivity contribution in [3.8, 4) is 0 Å². The van der Waals surface area contributed by atoms with Gasteiger partial charge in [0.1, 0.15) is 0 Å². The molecule has 0 bridgehead atoms. The molecule has 130 valence electrons. The van der Waals surface area contributed by atoms with Crippen molar-refractivity contribution in [1.29, 1.82) is 0 Å². The van der Waals surface area contributed by atoms with Crippen molar-refractivity contribution >= 4 is 28.7 Å². The molecule has 3 heterocycles. The van der Waals surface area contributed by atoms with E-state index < -0.39 is 11.2 Å². The van der Waals surface area contributed by atoms with Crippen molar-refractivity contribution < 1.29 is 0 Å². The summed E-state index contributed by atoms with van der Waals surface area (Å²) in [7, 11) is 1.61. The molecule has 0 unspecified atom stereocenters. The standard InChI is InChI=1S/C16H22ClN5O2/c1-10-4-7-21(8-5-10)15-18-13-12(22(15)9-6-11(2)17)14(23)19-16(24)20(13)3/h6,10H,4-5,7-9H2,1-3H3,(H,19,23,24). The number of imidazole rings is 1. The third kappa shape index (κ3) is 3.00. The van der Waals surface area contributed by atoms with Crippen molar-refractivity contribution in [2.45, 2.75) is 33.2 Å². The number of rotatable bonds is 3. The quantitative estimate of drug-likeness (QED) is 0.914. The number of piperidine rings is 1. The van der Waals surface area contributed by atoms with Gasteiger partial charge in [0.2, 0.25) is 5.95 Å². The Kier molecular flexibility index (Phi) is 4.54. The van der Waals surface area contributed by atoms with Crippen LogP contribution in [0.4, 0.5) is 5.95 Å². The van der Waals surface area contributed by atoms with Crippen LogP contribution in [-0.4, -0.2) is 32.2 Å². The Morgan fingerprint density at radius 2 is 2.04 bits per heavy atom. The SMILES string of the molecule is CC(Cl)=CCn1c(N2CCC(C)CC2)nc2c1c(=O)[nH]c(=O)n2C. The van der Waals surface area contributed by atoms with Crippen LogP contribution >= 0.6 is 11.6 Å². The lowest BCUT2D eigenvalue weighted by molar-refractivity contribution is 0.432. The second kappa shape index (κ2) is 6.47. The number of hydrogen-bond donors (Lipinski definition) is 1. The van der Waals surface area contributed by atoms with Gasteiger partial charge in [-0.05, 0) is 25.7 Å². The van der Waals surface area contributed by atoms with E-state index in [1.54, 1.807) is 14.0 Å². The second-order valence-electron chi connectivity index (χ2n) is 6.47. The number of nitrogens with zero attached hydrogens (tertiary/aromatic N) is 4. The Morgan fingerprint density at radius 3 is 2.67 bits per heavy atom. The van der Waals surface area contributed by atoms with E-state index >= 15 is 0 Å². The zero-order valence-corrected chi connectivity index (χ0v) is 14.9. The molecule has 0 aliphatic carbocycles. The Bertz CT molecular complexity index is 896. The molecule has 7 nitrogen and oxygen atoms in total. The highest BCUT2D eigenvalue weighted by atomic mass is 35.5. The number of halogens is 1. The molecule has 24 heavy (non-hydrogen) atoms. The van der Waals surface area contributed by atoms with Crippen LogP contribution in [0.25, 0.3) is 11.2 Å². The maximum absolute atomic E-state index is 12.4. The zero-order chi connectivity index (χ0) is 17.4. The van der Waals surface area contributed by atoms with E-state index in [-0.39, 0.29) is 0 Å². The van der Waals surface area contributed by atoms with Gasteiger partial charge in [0, 0.05) is 31.7 Å². The molecule has 2 aromatic heterocycles. The molecule has 0 atom stereocenters. The maximum atomic E-state index is 12.4. The highest BCUT2D eigenvalue weighted by Crippen LogP contribution is 2.25. The van der Waals surface area contributed by atoms with E-state index in [0.29, 0.717) is 28.7 Å². The summed E-state index contributed by atoms with van der Waals surface area (Å²) >= 11 is 5.97. The molecule has 1 saturated heterocycles. The monoisotopic (exact) mass is 351 g/mol. The molecule has 1 aliphatic heterocycles. The van der Waals surface area contributed by atoms with Crippen LogP contribution in [0.5, 0.6) is 0 Å². The first-order valence-corrected chi connectivity index (χ1v) is 8.53. The van der Waals surface area contributed by atoms with Crippen molar-refractivity contribution in [2.75, 3.05) is 18.0 Å². The van der Waals surface area contributed by atoms with Crippen LogP contribution in [0.3, 0.4) is 0 Å². The Labute approximate surface area is 144 Å². The van der Waals surface area contributed by atoms with Gasteiger partial charge in [-0.3, -0.25) is 14.3 Å². The van der Waals surface area contributed by atoms with Crippen molar-refractivity contribution in [3.05, 3.63) is 31.9 Å². The summed E-state index contributed by atoms with van der Waals surface area (Å²) in [4.78, 5) is 33.4. The fourth-order valence-electron chi connectivity index (χ4n) is 3.06. The van der Waals surface area contributed by atoms with Gasteiger partial charge in [-0.15, -0.1) is 0 Å². The zero-order valence-electron chi connectivity index (χ0n) is 14.2. The van der Waals surface area contributed by atoms with Gasteiger partial charge in [-0.1, -0.05) is 24.6 Å². The lowest BCUT2D eigenvalue weighted by Gasteiger charge is -2.31. The first-order valence-electron chi connectivity index (χ1n) is 8.15. The second-order valence-corrected chi connectivity index (χ2v) is 7.07. The minimum atomic E-state index is -0.458. The maximum Gasteiger partial charge on any atom is 0.329 e. The summed E-state index contributed by atoms with van der Waals surface area (Å²) in [5.41, 5.74) is -0.0734. The van der Waals surface area contributed by atoms with Crippen LogP contribution in [0.1, 0.15) is 26.7 Å². The Balaban J connectivity index is 2.20. The summed E-state index contributed by atoms with van der Waals surface area (Å²) in [6.45, 7) is 6.26. The molecular formula is C16H22ClN5O2. The number of H-pyrrole nitrogens is 1. The fourth-order valence-corrected chi connectivity index (χ4v) is 3.13. The van der Waals surface area contributed by atoms with Crippen molar-refractivity contribution in [1.82, 2.24) is 19.1 Å². The average Bonchev–Trinajstić information content (AvgIpc) is 2.91. The summed E-state index contributed by atoms with van der Waals surface area (Å²) in [5, 5.41) is 0.649. The van der Waals surface area contributed by atoms with E-state index in [9.17, 15) is 9.59 Å². The number of fused-ring (bicyclic) bond motifs is 1. The summed E-state index contributed by atoms with van der Waals surface area (Å²) in [6, 6.07) is 0. The third-order valence-corrected chi connectivity index (χ3v) is 4.76. The predicted octanol–water partition coefficient (Wildman–Crippen LogP) is 1.80. The molecule has 0 radical (unpaired) electrons. The van der Waals surface area contributed by atoms with Gasteiger partial charge in [0.15, 0.2) is 11.2 Å². The number of allylic oxidation sites excluding steroid dienone is 2. The topological polar surface area (TPSA) is 75.9 Å². The minimum absolute atomic E-state index is 0.401. The molecule has 0 saturated carbocycles. The van der Waals surface area contributed by atoms with E-state index in [1.165, 1.54) is 4.57 Å². The minimum Gasteiger partial charge on any atom is -0.342 e. The van der Waals surface area contributed by atoms with Crippen LogP contribution in [0.15, 0.2) is 20.7 Å². The molecule has 1 aliphatic rings. The number of hydrogen-bond acceptors (Lipinski definition) is 4. The first-order chi connectivity index (χ1) is 11.4. The van der Waals surface area contributed by atoms with E-state index in [0.717, 1.165) is 31.9 Å². The van der Waals surface area contributed by atoms with E-state index in [4.69, 9.17) is 11.6 Å². The molecule has 3 rings (SSSR count). The largest absolute Gasteiger partial charge is 0.342 e. The number of anilines is 1. The molecule has 0 spiro atoms. The van der Waals surface area contributed by atoms with Crippen LogP contribution in [0, 0.1) is 5.92 Å².